The molecule has 1 amide bonds. The van der Waals surface area contributed by atoms with Gasteiger partial charge in [0.25, 0.3) is 0 Å². The second kappa shape index (κ2) is 7.95. The monoisotopic (exact) mass is 337 g/mol. The van der Waals surface area contributed by atoms with E-state index in [0.29, 0.717) is 23.1 Å². The summed E-state index contributed by atoms with van der Waals surface area (Å²) >= 11 is 1.56. The van der Waals surface area contributed by atoms with Crippen molar-refractivity contribution < 1.29 is 14.3 Å². The number of nitrogens with one attached hydrogen (secondary N) is 1. The van der Waals surface area contributed by atoms with E-state index in [0.717, 1.165) is 37.7 Å². The van der Waals surface area contributed by atoms with Crippen LogP contribution in [0.4, 0.5) is 5.00 Å². The van der Waals surface area contributed by atoms with Crippen LogP contribution in [0.1, 0.15) is 67.8 Å². The van der Waals surface area contributed by atoms with Crippen molar-refractivity contribution in [2.45, 2.75) is 59.8 Å². The van der Waals surface area contributed by atoms with Crippen LogP contribution in [0.3, 0.4) is 0 Å². The standard InChI is InChI=1S/C18H27NO3S/c1-5-11(4)16(20)19-17-15(18(21)22-7-3)13-9-8-12(6-2)10-14(13)23-17/h11-12H,5-10H2,1-4H3,(H,19,20)/t11-,12-/m0/s1. The van der Waals surface area contributed by atoms with Gasteiger partial charge < -0.3 is 10.1 Å². The lowest BCUT2D eigenvalue weighted by Crippen LogP contribution is -2.21. The lowest BCUT2D eigenvalue weighted by molar-refractivity contribution is -0.119. The molecule has 4 nitrogen and oxygen atoms in total. The molecular weight excluding hydrogens is 310 g/mol. The Bertz CT molecular complexity index is 579. The van der Waals surface area contributed by atoms with Gasteiger partial charge in [0.1, 0.15) is 5.00 Å². The molecule has 0 aliphatic heterocycles. The number of hydrogen-bond acceptors (Lipinski definition) is 4. The molecule has 1 N–H and O–H groups in total. The lowest BCUT2D eigenvalue weighted by atomic mass is 9.85. The Balaban J connectivity index is 2.34. The smallest absolute Gasteiger partial charge is 0.341 e. The number of carbonyl (C=O) groups is 2. The van der Waals surface area contributed by atoms with Crippen LogP contribution >= 0.6 is 11.3 Å². The highest BCUT2D eigenvalue weighted by Gasteiger charge is 2.30. The van der Waals surface area contributed by atoms with Gasteiger partial charge in [-0.15, -0.1) is 11.3 Å². The summed E-state index contributed by atoms with van der Waals surface area (Å²) in [5, 5.41) is 3.65. The molecular formula is C18H27NO3S. The quantitative estimate of drug-likeness (QED) is 0.782. The van der Waals surface area contributed by atoms with Crippen molar-refractivity contribution in [1.82, 2.24) is 0 Å². The normalized spacial score (nSPS) is 18.2. The number of rotatable bonds is 6. The summed E-state index contributed by atoms with van der Waals surface area (Å²) in [7, 11) is 0. The van der Waals surface area contributed by atoms with E-state index in [9.17, 15) is 9.59 Å². The van der Waals surface area contributed by atoms with Crippen LogP contribution in [0.25, 0.3) is 0 Å². The van der Waals surface area contributed by atoms with Gasteiger partial charge in [0.05, 0.1) is 12.2 Å². The van der Waals surface area contributed by atoms with Gasteiger partial charge in [0, 0.05) is 10.8 Å². The van der Waals surface area contributed by atoms with Crippen molar-refractivity contribution in [2.75, 3.05) is 11.9 Å². The molecule has 0 fully saturated rings. The first-order valence-electron chi connectivity index (χ1n) is 8.64. The SMILES string of the molecule is CCOC(=O)c1c(NC(=O)[C@@H](C)CC)sc2c1CC[C@H](CC)C2. The summed E-state index contributed by atoms with van der Waals surface area (Å²) in [5.74, 6) is 0.282. The third kappa shape index (κ3) is 3.94. The summed E-state index contributed by atoms with van der Waals surface area (Å²) in [6, 6.07) is 0. The number of esters is 1. The maximum absolute atomic E-state index is 12.4. The summed E-state index contributed by atoms with van der Waals surface area (Å²) in [6.07, 6.45) is 4.94. The fourth-order valence-electron chi connectivity index (χ4n) is 2.93. The first-order valence-corrected chi connectivity index (χ1v) is 9.45. The Morgan fingerprint density at radius 3 is 2.70 bits per heavy atom. The zero-order valence-corrected chi connectivity index (χ0v) is 15.3. The topological polar surface area (TPSA) is 55.4 Å². The zero-order valence-electron chi connectivity index (χ0n) is 14.5. The number of amides is 1. The minimum absolute atomic E-state index is 0.0244. The zero-order chi connectivity index (χ0) is 17.0. The van der Waals surface area contributed by atoms with Crippen molar-refractivity contribution in [3.63, 3.8) is 0 Å². The van der Waals surface area contributed by atoms with E-state index in [1.165, 1.54) is 4.88 Å². The van der Waals surface area contributed by atoms with Crippen LogP contribution in [0.15, 0.2) is 0 Å². The minimum Gasteiger partial charge on any atom is -0.462 e. The number of ether oxygens (including phenoxy) is 1. The summed E-state index contributed by atoms with van der Waals surface area (Å²) < 4.78 is 5.23. The average Bonchev–Trinajstić information content (AvgIpc) is 2.90. The molecule has 0 bridgehead atoms. The molecule has 1 heterocycles. The first kappa shape index (κ1) is 18.0. The molecule has 23 heavy (non-hydrogen) atoms. The highest BCUT2D eigenvalue weighted by Crippen LogP contribution is 2.41. The van der Waals surface area contributed by atoms with Gasteiger partial charge in [-0.25, -0.2) is 4.79 Å². The molecule has 2 atom stereocenters. The number of thiophene rings is 1. The summed E-state index contributed by atoms with van der Waals surface area (Å²) in [4.78, 5) is 25.9. The molecule has 5 heteroatoms. The Morgan fingerprint density at radius 1 is 1.35 bits per heavy atom. The number of fused-ring (bicyclic) bond motifs is 1. The van der Waals surface area contributed by atoms with E-state index in [4.69, 9.17) is 4.74 Å². The molecule has 1 aromatic heterocycles. The third-order valence-electron chi connectivity index (χ3n) is 4.72. The van der Waals surface area contributed by atoms with Crippen molar-refractivity contribution >= 4 is 28.2 Å². The van der Waals surface area contributed by atoms with E-state index in [1.54, 1.807) is 18.3 Å². The maximum atomic E-state index is 12.4. The van der Waals surface area contributed by atoms with E-state index in [2.05, 4.69) is 12.2 Å². The van der Waals surface area contributed by atoms with E-state index in [-0.39, 0.29) is 17.8 Å². The Labute approximate surface area is 142 Å². The van der Waals surface area contributed by atoms with Crippen LogP contribution < -0.4 is 5.32 Å². The van der Waals surface area contributed by atoms with Crippen LogP contribution in [-0.2, 0) is 22.4 Å². The number of hydrogen-bond donors (Lipinski definition) is 1. The fourth-order valence-corrected chi connectivity index (χ4v) is 4.28. The van der Waals surface area contributed by atoms with Gasteiger partial charge in [0.2, 0.25) is 5.91 Å². The summed E-state index contributed by atoms with van der Waals surface area (Å²) in [6.45, 7) is 8.25. The molecule has 0 saturated carbocycles. The van der Waals surface area contributed by atoms with Crippen molar-refractivity contribution in [2.24, 2.45) is 11.8 Å². The van der Waals surface area contributed by atoms with Crippen LogP contribution in [-0.4, -0.2) is 18.5 Å². The molecule has 0 aromatic carbocycles. The molecule has 0 unspecified atom stereocenters. The van der Waals surface area contributed by atoms with Gasteiger partial charge in [-0.3, -0.25) is 4.79 Å². The van der Waals surface area contributed by atoms with Crippen molar-refractivity contribution in [3.05, 3.63) is 16.0 Å². The third-order valence-corrected chi connectivity index (χ3v) is 5.89. The lowest BCUT2D eigenvalue weighted by Gasteiger charge is -2.21. The van der Waals surface area contributed by atoms with Crippen LogP contribution in [0, 0.1) is 11.8 Å². The maximum Gasteiger partial charge on any atom is 0.341 e. The van der Waals surface area contributed by atoms with Gasteiger partial charge >= 0.3 is 5.97 Å². The molecule has 2 rings (SSSR count). The van der Waals surface area contributed by atoms with Gasteiger partial charge in [-0.1, -0.05) is 27.2 Å². The van der Waals surface area contributed by atoms with Gasteiger partial charge in [-0.2, -0.15) is 0 Å². The highest BCUT2D eigenvalue weighted by atomic mass is 32.1. The Morgan fingerprint density at radius 2 is 2.09 bits per heavy atom. The molecule has 0 spiro atoms. The first-order chi connectivity index (χ1) is 11.0. The highest BCUT2D eigenvalue weighted by molar-refractivity contribution is 7.17. The van der Waals surface area contributed by atoms with Gasteiger partial charge in [0.15, 0.2) is 0 Å². The second-order valence-electron chi connectivity index (χ2n) is 6.24. The van der Waals surface area contributed by atoms with E-state index < -0.39 is 0 Å². The molecule has 1 aromatic rings. The average molecular weight is 337 g/mol. The molecule has 1 aliphatic carbocycles. The number of carbonyl (C=O) groups excluding carboxylic acids is 2. The van der Waals surface area contributed by atoms with Crippen molar-refractivity contribution in [1.29, 1.82) is 0 Å². The second-order valence-corrected chi connectivity index (χ2v) is 7.35. The predicted molar refractivity (Wildman–Crippen MR) is 94.2 cm³/mol. The largest absolute Gasteiger partial charge is 0.462 e. The van der Waals surface area contributed by atoms with Crippen molar-refractivity contribution in [3.8, 4) is 0 Å². The van der Waals surface area contributed by atoms with Crippen LogP contribution in [0.5, 0.6) is 0 Å². The Hall–Kier alpha value is -1.36. The predicted octanol–water partition coefficient (Wildman–Crippen LogP) is 4.42. The molecule has 1 aliphatic rings. The number of anilines is 1. The minimum atomic E-state index is -0.306. The van der Waals surface area contributed by atoms with Crippen LogP contribution in [0.2, 0.25) is 0 Å². The van der Waals surface area contributed by atoms with Gasteiger partial charge in [-0.05, 0) is 44.1 Å². The van der Waals surface area contributed by atoms with E-state index >= 15 is 0 Å². The molecule has 0 saturated heterocycles. The van der Waals surface area contributed by atoms with E-state index in [1.807, 2.05) is 13.8 Å². The molecule has 0 radical (unpaired) electrons. The Kier molecular flexibility index (Phi) is 6.22. The molecule has 128 valence electrons. The summed E-state index contributed by atoms with van der Waals surface area (Å²) in [5.41, 5.74) is 1.69. The fraction of sp³-hybridized carbons (Fsp3) is 0.667.